The molecule has 0 bridgehead atoms. The minimum absolute atomic E-state index is 0.0454. The van der Waals surface area contributed by atoms with Crippen LogP contribution in [0.1, 0.15) is 40.1 Å². The van der Waals surface area contributed by atoms with Crippen molar-refractivity contribution in [2.24, 2.45) is 0 Å². The lowest BCUT2D eigenvalue weighted by molar-refractivity contribution is 0.0527. The van der Waals surface area contributed by atoms with Gasteiger partial charge in [-0.2, -0.15) is 0 Å². The van der Waals surface area contributed by atoms with E-state index in [1.165, 1.54) is 6.20 Å². The van der Waals surface area contributed by atoms with E-state index in [0.29, 0.717) is 18.0 Å². The van der Waals surface area contributed by atoms with E-state index in [0.717, 1.165) is 9.88 Å². The molecular formula is C14H18N4O2S. The molecule has 1 unspecified atom stereocenters. The number of thiazole rings is 1. The molecule has 0 amide bonds. The SMILES string of the molecule is CCOC(=O)c1ccnc(NC(C)c2ncc(C)s2)c1N. The largest absolute Gasteiger partial charge is 0.462 e. The molecular weight excluding hydrogens is 288 g/mol. The fourth-order valence-electron chi connectivity index (χ4n) is 1.81. The van der Waals surface area contributed by atoms with Gasteiger partial charge in [-0.05, 0) is 26.8 Å². The second-order valence-corrected chi connectivity index (χ2v) is 5.78. The first kappa shape index (κ1) is 15.2. The number of rotatable bonds is 5. The number of aryl methyl sites for hydroxylation is 1. The molecule has 2 heterocycles. The summed E-state index contributed by atoms with van der Waals surface area (Å²) in [5.74, 6) is 0.0131. The lowest BCUT2D eigenvalue weighted by Gasteiger charge is -2.15. The average Bonchev–Trinajstić information content (AvgIpc) is 2.88. The molecule has 0 saturated heterocycles. The molecule has 0 radical (unpaired) electrons. The average molecular weight is 306 g/mol. The third-order valence-corrected chi connectivity index (χ3v) is 3.94. The summed E-state index contributed by atoms with van der Waals surface area (Å²) in [5, 5.41) is 4.12. The van der Waals surface area contributed by atoms with Crippen LogP contribution in [0.4, 0.5) is 11.5 Å². The summed E-state index contributed by atoms with van der Waals surface area (Å²) in [6.07, 6.45) is 3.36. The van der Waals surface area contributed by atoms with Gasteiger partial charge < -0.3 is 15.8 Å². The summed E-state index contributed by atoms with van der Waals surface area (Å²) < 4.78 is 4.97. The van der Waals surface area contributed by atoms with E-state index in [1.807, 2.05) is 20.0 Å². The molecule has 0 fully saturated rings. The second-order valence-electron chi connectivity index (χ2n) is 4.52. The minimum atomic E-state index is -0.446. The summed E-state index contributed by atoms with van der Waals surface area (Å²) in [7, 11) is 0. The molecule has 1 atom stereocenters. The van der Waals surface area contributed by atoms with Crippen molar-refractivity contribution in [3.63, 3.8) is 0 Å². The molecule has 0 aliphatic rings. The number of nitrogens with zero attached hydrogens (tertiary/aromatic N) is 2. The summed E-state index contributed by atoms with van der Waals surface area (Å²) in [4.78, 5) is 21.5. The topological polar surface area (TPSA) is 90.1 Å². The molecule has 0 aromatic carbocycles. The number of nitrogen functional groups attached to an aromatic ring is 1. The molecule has 6 nitrogen and oxygen atoms in total. The highest BCUT2D eigenvalue weighted by atomic mass is 32.1. The molecule has 2 aromatic heterocycles. The van der Waals surface area contributed by atoms with Crippen LogP contribution in [0.25, 0.3) is 0 Å². The number of pyridine rings is 1. The Hall–Kier alpha value is -2.15. The van der Waals surface area contributed by atoms with Crippen LogP contribution in [0.2, 0.25) is 0 Å². The van der Waals surface area contributed by atoms with Crippen molar-refractivity contribution < 1.29 is 9.53 Å². The third-order valence-electron chi connectivity index (χ3n) is 2.85. The highest BCUT2D eigenvalue weighted by Gasteiger charge is 2.17. The molecule has 7 heteroatoms. The van der Waals surface area contributed by atoms with Gasteiger partial charge in [-0.15, -0.1) is 11.3 Å². The normalized spacial score (nSPS) is 12.0. The van der Waals surface area contributed by atoms with Crippen LogP contribution in [-0.2, 0) is 4.74 Å². The molecule has 2 rings (SSSR count). The van der Waals surface area contributed by atoms with Gasteiger partial charge >= 0.3 is 5.97 Å². The molecule has 112 valence electrons. The summed E-state index contributed by atoms with van der Waals surface area (Å²) in [5.41, 5.74) is 6.61. The van der Waals surface area contributed by atoms with Crippen LogP contribution in [0.5, 0.6) is 0 Å². The highest BCUT2D eigenvalue weighted by Crippen LogP contribution is 2.27. The fourth-order valence-corrected chi connectivity index (χ4v) is 2.59. The standard InChI is InChI=1S/C14H18N4O2S/c1-4-20-14(19)10-5-6-16-12(11(10)15)18-9(3)13-17-7-8(2)21-13/h5-7,9H,4,15H2,1-3H3,(H,16,18). The van der Waals surface area contributed by atoms with Crippen LogP contribution < -0.4 is 11.1 Å². The number of esters is 1. The molecule has 0 aliphatic carbocycles. The predicted molar refractivity (Wildman–Crippen MR) is 83.5 cm³/mol. The first-order valence-corrected chi connectivity index (χ1v) is 7.45. The maximum atomic E-state index is 11.8. The zero-order valence-electron chi connectivity index (χ0n) is 12.2. The maximum absolute atomic E-state index is 11.8. The summed E-state index contributed by atoms with van der Waals surface area (Å²) in [6.45, 7) is 6.03. The van der Waals surface area contributed by atoms with E-state index in [2.05, 4.69) is 15.3 Å². The molecule has 2 aromatic rings. The van der Waals surface area contributed by atoms with Gasteiger partial charge in [0.25, 0.3) is 0 Å². The van der Waals surface area contributed by atoms with Gasteiger partial charge in [0.05, 0.1) is 23.9 Å². The lowest BCUT2D eigenvalue weighted by Crippen LogP contribution is -2.14. The van der Waals surface area contributed by atoms with Crippen molar-refractivity contribution in [1.29, 1.82) is 0 Å². The fraction of sp³-hybridized carbons (Fsp3) is 0.357. The van der Waals surface area contributed by atoms with Gasteiger partial charge in [0, 0.05) is 17.3 Å². The molecule has 3 N–H and O–H groups in total. The summed E-state index contributed by atoms with van der Waals surface area (Å²) in [6, 6.07) is 1.51. The molecule has 0 saturated carbocycles. The Morgan fingerprint density at radius 2 is 2.29 bits per heavy atom. The molecule has 21 heavy (non-hydrogen) atoms. The van der Waals surface area contributed by atoms with E-state index in [9.17, 15) is 4.79 Å². The number of aromatic nitrogens is 2. The number of carbonyl (C=O) groups is 1. The Bertz CT molecular complexity index is 642. The zero-order valence-corrected chi connectivity index (χ0v) is 13.0. The van der Waals surface area contributed by atoms with Crippen molar-refractivity contribution in [2.45, 2.75) is 26.8 Å². The van der Waals surface area contributed by atoms with E-state index in [1.54, 1.807) is 24.3 Å². The number of hydrogen-bond donors (Lipinski definition) is 2. The van der Waals surface area contributed by atoms with E-state index < -0.39 is 5.97 Å². The Morgan fingerprint density at radius 1 is 1.52 bits per heavy atom. The number of hydrogen-bond acceptors (Lipinski definition) is 7. The summed E-state index contributed by atoms with van der Waals surface area (Å²) >= 11 is 1.61. The zero-order chi connectivity index (χ0) is 15.4. The molecule has 0 aliphatic heterocycles. The van der Waals surface area contributed by atoms with Gasteiger partial charge in [-0.3, -0.25) is 0 Å². The van der Waals surface area contributed by atoms with Crippen molar-refractivity contribution in [2.75, 3.05) is 17.7 Å². The van der Waals surface area contributed by atoms with Gasteiger partial charge in [0.1, 0.15) is 5.01 Å². The van der Waals surface area contributed by atoms with E-state index in [4.69, 9.17) is 10.5 Å². The number of ether oxygens (including phenoxy) is 1. The van der Waals surface area contributed by atoms with Crippen LogP contribution in [0.15, 0.2) is 18.5 Å². The van der Waals surface area contributed by atoms with Gasteiger partial charge in [0.15, 0.2) is 5.82 Å². The van der Waals surface area contributed by atoms with E-state index >= 15 is 0 Å². The van der Waals surface area contributed by atoms with E-state index in [-0.39, 0.29) is 11.7 Å². The number of carbonyl (C=O) groups excluding carboxylic acids is 1. The monoisotopic (exact) mass is 306 g/mol. The van der Waals surface area contributed by atoms with Gasteiger partial charge in [-0.1, -0.05) is 0 Å². The predicted octanol–water partition coefficient (Wildman–Crippen LogP) is 2.78. The van der Waals surface area contributed by atoms with Gasteiger partial charge in [-0.25, -0.2) is 14.8 Å². The van der Waals surface area contributed by atoms with Crippen molar-refractivity contribution in [1.82, 2.24) is 9.97 Å². The van der Waals surface area contributed by atoms with Crippen LogP contribution in [0, 0.1) is 6.92 Å². The first-order chi connectivity index (χ1) is 10.0. The van der Waals surface area contributed by atoms with Crippen LogP contribution in [0.3, 0.4) is 0 Å². The Morgan fingerprint density at radius 3 is 2.90 bits per heavy atom. The van der Waals surface area contributed by atoms with Gasteiger partial charge in [0.2, 0.25) is 0 Å². The highest BCUT2D eigenvalue weighted by molar-refractivity contribution is 7.11. The second kappa shape index (κ2) is 6.53. The lowest BCUT2D eigenvalue weighted by atomic mass is 10.2. The Balaban J connectivity index is 2.20. The first-order valence-electron chi connectivity index (χ1n) is 6.63. The maximum Gasteiger partial charge on any atom is 0.340 e. The van der Waals surface area contributed by atoms with Crippen LogP contribution >= 0.6 is 11.3 Å². The minimum Gasteiger partial charge on any atom is -0.462 e. The van der Waals surface area contributed by atoms with Crippen molar-refractivity contribution in [3.8, 4) is 0 Å². The number of nitrogens with one attached hydrogen (secondary N) is 1. The van der Waals surface area contributed by atoms with Crippen molar-refractivity contribution >= 4 is 28.8 Å². The quantitative estimate of drug-likeness (QED) is 0.826. The van der Waals surface area contributed by atoms with Crippen molar-refractivity contribution in [3.05, 3.63) is 33.9 Å². The smallest absolute Gasteiger partial charge is 0.340 e. The molecule has 0 spiro atoms. The third kappa shape index (κ3) is 3.49. The number of anilines is 2. The van der Waals surface area contributed by atoms with Crippen LogP contribution in [-0.4, -0.2) is 22.5 Å². The Kier molecular flexibility index (Phi) is 4.74. The Labute approximate surface area is 127 Å². The number of nitrogens with two attached hydrogens (primary N) is 1.